The second kappa shape index (κ2) is 5.36. The third kappa shape index (κ3) is 4.46. The fourth-order valence-electron chi connectivity index (χ4n) is 1.44. The smallest absolute Gasteiger partial charge is 0.349 e. The van der Waals surface area contributed by atoms with Crippen molar-refractivity contribution in [2.24, 2.45) is 0 Å². The molecular weight excluding hydrogens is 202 g/mol. The van der Waals surface area contributed by atoms with E-state index in [9.17, 15) is 0 Å². The van der Waals surface area contributed by atoms with Crippen LogP contribution in [0.3, 0.4) is 0 Å². The molecule has 0 radical (unpaired) electrons. The molecule has 0 aliphatic carbocycles. The maximum atomic E-state index is 5.84. The third-order valence-electron chi connectivity index (χ3n) is 1.87. The van der Waals surface area contributed by atoms with Gasteiger partial charge in [-0.3, -0.25) is 0 Å². The first-order chi connectivity index (χ1) is 6.12. The van der Waals surface area contributed by atoms with Crippen LogP contribution in [0.25, 0.3) is 0 Å². The Morgan fingerprint density at radius 3 is 2.23 bits per heavy atom. The van der Waals surface area contributed by atoms with Crippen LogP contribution in [-0.4, -0.2) is 58.4 Å². The van der Waals surface area contributed by atoms with E-state index in [1.807, 2.05) is 11.8 Å². The Morgan fingerprint density at radius 1 is 1.23 bits per heavy atom. The zero-order valence-electron chi connectivity index (χ0n) is 8.71. The molecule has 78 valence electrons. The van der Waals surface area contributed by atoms with Crippen LogP contribution in [0.2, 0.25) is 6.55 Å². The van der Waals surface area contributed by atoms with Crippen molar-refractivity contribution in [3.63, 3.8) is 0 Å². The number of rotatable bonds is 2. The summed E-state index contributed by atoms with van der Waals surface area (Å²) in [6.07, 6.45) is 0.956. The van der Waals surface area contributed by atoms with Crippen LogP contribution < -0.4 is 0 Å². The summed E-state index contributed by atoms with van der Waals surface area (Å²) in [5.41, 5.74) is 0. The summed E-state index contributed by atoms with van der Waals surface area (Å²) in [4.78, 5) is 2.15. The second-order valence-corrected chi connectivity index (χ2v) is 8.07. The van der Waals surface area contributed by atoms with Gasteiger partial charge in [-0.25, -0.2) is 0 Å². The van der Waals surface area contributed by atoms with Gasteiger partial charge in [-0.1, -0.05) is 0 Å². The largest absolute Gasteiger partial charge is 0.393 e. The summed E-state index contributed by atoms with van der Waals surface area (Å²) in [5.74, 6) is 2.22. The molecule has 0 N–H and O–H groups in total. The van der Waals surface area contributed by atoms with Gasteiger partial charge in [0, 0.05) is 30.9 Å². The molecule has 0 aromatic heterocycles. The fraction of sp³-hybridized carbons (Fsp3) is 1.00. The highest BCUT2D eigenvalue weighted by Crippen LogP contribution is 2.14. The van der Waals surface area contributed by atoms with Gasteiger partial charge >= 0.3 is 8.56 Å². The van der Waals surface area contributed by atoms with Crippen molar-refractivity contribution in [3.8, 4) is 0 Å². The Bertz CT molecular complexity index is 149. The van der Waals surface area contributed by atoms with E-state index in [0.29, 0.717) is 0 Å². The second-order valence-electron chi connectivity index (χ2n) is 3.68. The Morgan fingerprint density at radius 2 is 1.77 bits per heavy atom. The van der Waals surface area contributed by atoms with Crippen molar-refractivity contribution < 1.29 is 8.85 Å². The number of thioether (sulfide) groups is 1. The van der Waals surface area contributed by atoms with Gasteiger partial charge in [-0.05, 0) is 20.6 Å². The van der Waals surface area contributed by atoms with Gasteiger partial charge in [-0.2, -0.15) is 11.8 Å². The monoisotopic (exact) mass is 221 g/mol. The van der Waals surface area contributed by atoms with Crippen LogP contribution in [0, 0.1) is 0 Å². The molecule has 0 bridgehead atoms. The van der Waals surface area contributed by atoms with E-state index >= 15 is 0 Å². The molecule has 1 heterocycles. The van der Waals surface area contributed by atoms with Crippen molar-refractivity contribution in [3.05, 3.63) is 0 Å². The maximum absolute atomic E-state index is 5.84. The van der Waals surface area contributed by atoms with Crippen LogP contribution in [0.5, 0.6) is 0 Å². The van der Waals surface area contributed by atoms with E-state index in [1.165, 1.54) is 0 Å². The van der Waals surface area contributed by atoms with E-state index in [0.717, 1.165) is 30.9 Å². The number of hydrogen-bond acceptors (Lipinski definition) is 4. The zero-order chi connectivity index (χ0) is 9.73. The quantitative estimate of drug-likeness (QED) is 0.647. The summed E-state index contributed by atoms with van der Waals surface area (Å²) in [5, 5.41) is 0. The Kier molecular flexibility index (Phi) is 4.75. The lowest BCUT2D eigenvalue weighted by atomic mass is 10.9. The van der Waals surface area contributed by atoms with E-state index in [4.69, 9.17) is 8.85 Å². The molecular formula is C8H19NO2SSi. The molecule has 1 fully saturated rings. The van der Waals surface area contributed by atoms with Crippen molar-refractivity contribution in [2.45, 2.75) is 6.55 Å². The van der Waals surface area contributed by atoms with Crippen LogP contribution in [-0.2, 0) is 8.85 Å². The van der Waals surface area contributed by atoms with Gasteiger partial charge in [0.2, 0.25) is 0 Å². The molecule has 0 atom stereocenters. The molecule has 1 saturated heterocycles. The first-order valence-corrected chi connectivity index (χ1v) is 8.31. The van der Waals surface area contributed by atoms with Crippen molar-refractivity contribution in [1.82, 2.24) is 4.90 Å². The predicted octanol–water partition coefficient (Wildman–Crippen LogP) is 0.939. The summed E-state index contributed by atoms with van der Waals surface area (Å²) in [7, 11) is 2.27. The van der Waals surface area contributed by atoms with Crippen LogP contribution in [0.15, 0.2) is 0 Å². The highest BCUT2D eigenvalue weighted by Gasteiger charge is 2.32. The molecule has 0 aromatic carbocycles. The van der Waals surface area contributed by atoms with Crippen LogP contribution >= 0.6 is 11.8 Å². The molecule has 1 rings (SSSR count). The molecule has 5 heteroatoms. The first kappa shape index (κ1) is 11.5. The van der Waals surface area contributed by atoms with Crippen molar-refractivity contribution in [2.75, 3.05) is 45.0 Å². The minimum atomic E-state index is -1.87. The van der Waals surface area contributed by atoms with E-state index in [-0.39, 0.29) is 0 Å². The molecule has 1 aliphatic rings. The molecule has 0 spiro atoms. The fourth-order valence-corrected chi connectivity index (χ4v) is 4.83. The van der Waals surface area contributed by atoms with Gasteiger partial charge in [-0.15, -0.1) is 0 Å². The molecule has 0 unspecified atom stereocenters. The van der Waals surface area contributed by atoms with E-state index < -0.39 is 8.56 Å². The standard InChI is InChI=1S/C8H19NO2SSi/c1-9(2)8-13(3)10-4-6-12-7-5-11-13/h4-8H2,1-3H3. The lowest BCUT2D eigenvalue weighted by Gasteiger charge is -2.31. The highest BCUT2D eigenvalue weighted by molar-refractivity contribution is 7.99. The molecule has 13 heavy (non-hydrogen) atoms. The predicted molar refractivity (Wildman–Crippen MR) is 59.4 cm³/mol. The lowest BCUT2D eigenvalue weighted by molar-refractivity contribution is 0.175. The molecule has 1 aliphatic heterocycles. The van der Waals surface area contributed by atoms with Gasteiger partial charge in [0.25, 0.3) is 0 Å². The minimum absolute atomic E-state index is 0.848. The van der Waals surface area contributed by atoms with Crippen molar-refractivity contribution >= 4 is 20.3 Å². The Balaban J connectivity index is 2.41. The summed E-state index contributed by atoms with van der Waals surface area (Å²) >= 11 is 1.91. The molecule has 3 nitrogen and oxygen atoms in total. The van der Waals surface area contributed by atoms with Gasteiger partial charge in [0.05, 0.1) is 0 Å². The molecule has 0 amide bonds. The van der Waals surface area contributed by atoms with Gasteiger partial charge < -0.3 is 13.8 Å². The maximum Gasteiger partial charge on any atom is 0.349 e. The lowest BCUT2D eigenvalue weighted by Crippen LogP contribution is -2.49. The van der Waals surface area contributed by atoms with Crippen molar-refractivity contribution in [1.29, 1.82) is 0 Å². The SMILES string of the molecule is CN(C)C[Si]1(C)OCCSCCO1. The van der Waals surface area contributed by atoms with Gasteiger partial charge in [0.15, 0.2) is 0 Å². The third-order valence-corrected chi connectivity index (χ3v) is 5.62. The summed E-state index contributed by atoms with van der Waals surface area (Å²) in [6.45, 7) is 3.85. The molecule has 0 aromatic rings. The zero-order valence-corrected chi connectivity index (χ0v) is 10.5. The first-order valence-electron chi connectivity index (χ1n) is 4.63. The minimum Gasteiger partial charge on any atom is -0.393 e. The number of hydrogen-bond donors (Lipinski definition) is 0. The molecule has 0 saturated carbocycles. The highest BCUT2D eigenvalue weighted by atomic mass is 32.2. The van der Waals surface area contributed by atoms with Gasteiger partial charge in [0.1, 0.15) is 0 Å². The van der Waals surface area contributed by atoms with E-state index in [1.54, 1.807) is 0 Å². The summed E-state index contributed by atoms with van der Waals surface area (Å²) < 4.78 is 11.7. The normalized spacial score (nSPS) is 24.0. The number of nitrogens with zero attached hydrogens (tertiary/aromatic N) is 1. The topological polar surface area (TPSA) is 21.7 Å². The summed E-state index contributed by atoms with van der Waals surface area (Å²) in [6, 6.07) is 0. The average molecular weight is 221 g/mol. The van der Waals surface area contributed by atoms with Crippen LogP contribution in [0.1, 0.15) is 0 Å². The average Bonchev–Trinajstić information content (AvgIpc) is 1.97. The Labute approximate surface area is 86.0 Å². The van der Waals surface area contributed by atoms with E-state index in [2.05, 4.69) is 25.5 Å². The Hall–Kier alpha value is 0.447. The van der Waals surface area contributed by atoms with Crippen LogP contribution in [0.4, 0.5) is 0 Å².